The largest absolute Gasteiger partial charge is 0.439 e. The standard InChI is InChI=1S/C18H18F3N3O3.ClH/c19-18(20,21)17(26)5-7-24(11-17)16(25)13-2-1-3-14(9-13)27-15-8-12(10-22)4-6-23-15;/h1-4,6,8-9,26H,5,7,10-11,22H2;1H. The smallest absolute Gasteiger partial charge is 0.419 e. The number of pyridine rings is 1. The van der Waals surface area contributed by atoms with Gasteiger partial charge in [0.05, 0.1) is 6.54 Å². The average Bonchev–Trinajstić information content (AvgIpc) is 3.05. The van der Waals surface area contributed by atoms with E-state index in [2.05, 4.69) is 4.98 Å². The summed E-state index contributed by atoms with van der Waals surface area (Å²) in [5, 5.41) is 9.73. The predicted octanol–water partition coefficient (Wildman–Crippen LogP) is 2.89. The molecule has 1 aromatic carbocycles. The van der Waals surface area contributed by atoms with E-state index in [1.165, 1.54) is 18.3 Å². The maximum atomic E-state index is 12.9. The Morgan fingerprint density at radius 1 is 1.32 bits per heavy atom. The predicted molar refractivity (Wildman–Crippen MR) is 97.4 cm³/mol. The van der Waals surface area contributed by atoms with Crippen LogP contribution in [0.2, 0.25) is 0 Å². The van der Waals surface area contributed by atoms with Crippen LogP contribution in [-0.4, -0.2) is 45.8 Å². The van der Waals surface area contributed by atoms with Crippen molar-refractivity contribution in [3.63, 3.8) is 0 Å². The van der Waals surface area contributed by atoms with E-state index in [-0.39, 0.29) is 30.4 Å². The Morgan fingerprint density at radius 3 is 2.71 bits per heavy atom. The summed E-state index contributed by atoms with van der Waals surface area (Å²) in [5.74, 6) is -0.00716. The number of β-amino-alcohol motifs (C(OH)–C–C–N with tert-alkyl or cyclic N) is 1. The van der Waals surface area contributed by atoms with E-state index in [1.807, 2.05) is 0 Å². The first-order chi connectivity index (χ1) is 12.7. The summed E-state index contributed by atoms with van der Waals surface area (Å²) in [7, 11) is 0. The highest BCUT2D eigenvalue weighted by molar-refractivity contribution is 5.94. The lowest BCUT2D eigenvalue weighted by Gasteiger charge is -2.26. The van der Waals surface area contributed by atoms with E-state index in [0.717, 1.165) is 10.5 Å². The maximum absolute atomic E-state index is 12.9. The third-order valence-corrected chi connectivity index (χ3v) is 4.40. The molecule has 0 aliphatic carbocycles. The molecule has 2 aromatic rings. The molecule has 1 unspecified atom stereocenters. The van der Waals surface area contributed by atoms with Crippen molar-refractivity contribution >= 4 is 18.3 Å². The second-order valence-electron chi connectivity index (χ2n) is 6.34. The number of hydrogen-bond donors (Lipinski definition) is 2. The van der Waals surface area contributed by atoms with E-state index in [4.69, 9.17) is 10.5 Å². The molecule has 1 saturated heterocycles. The van der Waals surface area contributed by atoms with Crippen LogP contribution in [0.5, 0.6) is 11.6 Å². The molecular weight excluding hydrogens is 399 g/mol. The van der Waals surface area contributed by atoms with Crippen molar-refractivity contribution in [2.45, 2.75) is 24.7 Å². The first-order valence-electron chi connectivity index (χ1n) is 8.23. The van der Waals surface area contributed by atoms with Gasteiger partial charge in [0.1, 0.15) is 5.75 Å². The minimum absolute atomic E-state index is 0. The summed E-state index contributed by atoms with van der Waals surface area (Å²) in [6.07, 6.45) is -3.80. The van der Waals surface area contributed by atoms with Gasteiger partial charge in [-0.25, -0.2) is 4.98 Å². The molecule has 3 rings (SSSR count). The van der Waals surface area contributed by atoms with Crippen molar-refractivity contribution in [1.82, 2.24) is 9.88 Å². The van der Waals surface area contributed by atoms with Crippen molar-refractivity contribution in [1.29, 1.82) is 0 Å². The van der Waals surface area contributed by atoms with Crippen LogP contribution in [0.4, 0.5) is 13.2 Å². The second kappa shape index (κ2) is 8.34. The van der Waals surface area contributed by atoms with Gasteiger partial charge in [-0.3, -0.25) is 4.79 Å². The first kappa shape index (κ1) is 21.9. The Bertz CT molecular complexity index is 850. The Balaban J connectivity index is 0.00000280. The summed E-state index contributed by atoms with van der Waals surface area (Å²) in [5.41, 5.74) is 3.67. The normalized spacial score (nSPS) is 19.2. The van der Waals surface area contributed by atoms with Crippen LogP contribution >= 0.6 is 12.4 Å². The zero-order valence-corrected chi connectivity index (χ0v) is 15.5. The maximum Gasteiger partial charge on any atom is 0.419 e. The van der Waals surface area contributed by atoms with Crippen LogP contribution in [0.25, 0.3) is 0 Å². The SMILES string of the molecule is Cl.NCc1ccnc(Oc2cccc(C(=O)N3CCC(O)(C(F)(F)F)C3)c2)c1. The van der Waals surface area contributed by atoms with Crippen molar-refractivity contribution in [2.75, 3.05) is 13.1 Å². The zero-order valence-electron chi connectivity index (χ0n) is 14.6. The number of nitrogens with zero attached hydrogens (tertiary/aromatic N) is 2. The summed E-state index contributed by atoms with van der Waals surface area (Å²) < 4.78 is 44.4. The number of nitrogens with two attached hydrogens (primary N) is 1. The number of aliphatic hydroxyl groups is 1. The number of benzene rings is 1. The summed E-state index contributed by atoms with van der Waals surface area (Å²) in [4.78, 5) is 17.6. The Kier molecular flexibility index (Phi) is 6.53. The molecule has 1 amide bonds. The Hall–Kier alpha value is -2.36. The highest BCUT2D eigenvalue weighted by Gasteiger charge is 2.57. The van der Waals surface area contributed by atoms with Gasteiger partial charge in [0, 0.05) is 37.3 Å². The molecule has 6 nitrogen and oxygen atoms in total. The number of alkyl halides is 3. The number of aromatic nitrogens is 1. The second-order valence-corrected chi connectivity index (χ2v) is 6.34. The molecule has 3 N–H and O–H groups in total. The van der Waals surface area contributed by atoms with Gasteiger partial charge < -0.3 is 20.5 Å². The van der Waals surface area contributed by atoms with Crippen molar-refractivity contribution in [3.8, 4) is 11.6 Å². The van der Waals surface area contributed by atoms with Crippen molar-refractivity contribution in [3.05, 3.63) is 53.7 Å². The molecule has 1 atom stereocenters. The van der Waals surface area contributed by atoms with Gasteiger partial charge in [-0.2, -0.15) is 13.2 Å². The fourth-order valence-electron chi connectivity index (χ4n) is 2.83. The third-order valence-electron chi connectivity index (χ3n) is 4.40. The molecule has 0 spiro atoms. The van der Waals surface area contributed by atoms with Gasteiger partial charge in [-0.15, -0.1) is 12.4 Å². The van der Waals surface area contributed by atoms with Crippen LogP contribution in [-0.2, 0) is 6.54 Å². The van der Waals surface area contributed by atoms with Crippen molar-refractivity contribution in [2.24, 2.45) is 5.73 Å². The molecule has 1 aromatic heterocycles. The summed E-state index contributed by atoms with van der Waals surface area (Å²) in [6, 6.07) is 9.44. The molecule has 1 aliphatic rings. The summed E-state index contributed by atoms with van der Waals surface area (Å²) in [6.45, 7) is -0.658. The fraction of sp³-hybridized carbons (Fsp3) is 0.333. The minimum Gasteiger partial charge on any atom is -0.439 e. The lowest BCUT2D eigenvalue weighted by atomic mass is 10.0. The molecule has 0 saturated carbocycles. The van der Waals surface area contributed by atoms with E-state index in [0.29, 0.717) is 12.3 Å². The molecule has 152 valence electrons. The van der Waals surface area contributed by atoms with E-state index >= 15 is 0 Å². The zero-order chi connectivity index (χ0) is 19.7. The molecule has 2 heterocycles. The van der Waals surface area contributed by atoms with E-state index in [9.17, 15) is 23.1 Å². The monoisotopic (exact) mass is 417 g/mol. The highest BCUT2D eigenvalue weighted by Crippen LogP contribution is 2.38. The lowest BCUT2D eigenvalue weighted by Crippen LogP contribution is -2.48. The van der Waals surface area contributed by atoms with Gasteiger partial charge in [-0.1, -0.05) is 6.07 Å². The quantitative estimate of drug-likeness (QED) is 0.798. The van der Waals surface area contributed by atoms with E-state index in [1.54, 1.807) is 24.3 Å². The molecule has 0 radical (unpaired) electrons. The number of halogens is 4. The number of ether oxygens (including phenoxy) is 1. The summed E-state index contributed by atoms with van der Waals surface area (Å²) >= 11 is 0. The Morgan fingerprint density at radius 2 is 2.07 bits per heavy atom. The first-order valence-corrected chi connectivity index (χ1v) is 8.23. The van der Waals surface area contributed by atoms with Gasteiger partial charge in [0.2, 0.25) is 5.88 Å². The fourth-order valence-corrected chi connectivity index (χ4v) is 2.83. The number of carbonyl (C=O) groups excluding carboxylic acids is 1. The van der Waals surface area contributed by atoms with Gasteiger partial charge in [-0.05, 0) is 29.8 Å². The van der Waals surface area contributed by atoms with Crippen LogP contribution < -0.4 is 10.5 Å². The average molecular weight is 418 g/mol. The van der Waals surface area contributed by atoms with Crippen molar-refractivity contribution < 1.29 is 27.8 Å². The topological polar surface area (TPSA) is 88.7 Å². The number of carbonyl (C=O) groups is 1. The van der Waals surface area contributed by atoms with Crippen LogP contribution in [0.3, 0.4) is 0 Å². The third kappa shape index (κ3) is 4.54. The number of rotatable bonds is 4. The molecule has 1 fully saturated rings. The number of amides is 1. The van der Waals surface area contributed by atoms with Gasteiger partial charge in [0.15, 0.2) is 5.60 Å². The molecule has 10 heteroatoms. The minimum atomic E-state index is -4.79. The van der Waals surface area contributed by atoms with Gasteiger partial charge in [0.25, 0.3) is 5.91 Å². The molecular formula is C18H19ClF3N3O3. The van der Waals surface area contributed by atoms with Gasteiger partial charge >= 0.3 is 6.18 Å². The van der Waals surface area contributed by atoms with Crippen LogP contribution in [0.1, 0.15) is 22.3 Å². The molecule has 0 bridgehead atoms. The Labute approximate surface area is 165 Å². The molecule has 1 aliphatic heterocycles. The highest BCUT2D eigenvalue weighted by atomic mass is 35.5. The van der Waals surface area contributed by atoms with Crippen LogP contribution in [0, 0.1) is 0 Å². The number of likely N-dealkylation sites (tertiary alicyclic amines) is 1. The molecule has 28 heavy (non-hydrogen) atoms. The van der Waals surface area contributed by atoms with Crippen LogP contribution in [0.15, 0.2) is 42.6 Å². The number of hydrogen-bond acceptors (Lipinski definition) is 5. The van der Waals surface area contributed by atoms with E-state index < -0.39 is 30.7 Å². The lowest BCUT2D eigenvalue weighted by molar-refractivity contribution is -0.253.